The number of fused-ring (bicyclic) bond motifs is 1. The van der Waals surface area contributed by atoms with Crippen molar-refractivity contribution in [3.8, 4) is 11.5 Å². The largest absolute Gasteiger partial charge is 0.454 e. The van der Waals surface area contributed by atoms with Crippen molar-refractivity contribution < 1.29 is 14.3 Å². The zero-order valence-corrected chi connectivity index (χ0v) is 16.9. The predicted octanol–water partition coefficient (Wildman–Crippen LogP) is 2.11. The molecule has 3 aromatic rings. The van der Waals surface area contributed by atoms with E-state index in [0.717, 1.165) is 37.6 Å². The average molecular weight is 418 g/mol. The van der Waals surface area contributed by atoms with Crippen molar-refractivity contribution in [1.29, 1.82) is 0 Å². The minimum absolute atomic E-state index is 0.140. The molecule has 1 N–H and O–H groups in total. The van der Waals surface area contributed by atoms with Gasteiger partial charge in [-0.15, -0.1) is 0 Å². The molecule has 158 valence electrons. The normalized spacial score (nSPS) is 15.1. The Morgan fingerprint density at radius 2 is 1.71 bits per heavy atom. The van der Waals surface area contributed by atoms with Gasteiger partial charge in [0.05, 0.1) is 24.5 Å². The van der Waals surface area contributed by atoms with Gasteiger partial charge >= 0.3 is 0 Å². The number of hydrogen-bond donors (Lipinski definition) is 1. The third kappa shape index (κ3) is 4.35. The number of carbonyl (C=O) groups is 1. The first-order chi connectivity index (χ1) is 15.2. The van der Waals surface area contributed by atoms with Crippen LogP contribution in [0.2, 0.25) is 0 Å². The number of amides is 1. The lowest BCUT2D eigenvalue weighted by Gasteiger charge is -2.35. The van der Waals surface area contributed by atoms with Crippen LogP contribution in [0.15, 0.2) is 55.0 Å². The topological polar surface area (TPSA) is 92.7 Å². The van der Waals surface area contributed by atoms with Crippen molar-refractivity contribution in [2.45, 2.75) is 6.42 Å². The van der Waals surface area contributed by atoms with E-state index in [1.165, 1.54) is 0 Å². The quantitative estimate of drug-likeness (QED) is 0.674. The summed E-state index contributed by atoms with van der Waals surface area (Å²) in [6.07, 6.45) is 5.33. The molecular formula is C22H22N6O3. The molecule has 0 bridgehead atoms. The molecule has 1 saturated heterocycles. The minimum Gasteiger partial charge on any atom is -0.454 e. The zero-order chi connectivity index (χ0) is 21.0. The predicted molar refractivity (Wildman–Crippen MR) is 116 cm³/mol. The molecule has 4 heterocycles. The molecule has 9 nitrogen and oxygen atoms in total. The van der Waals surface area contributed by atoms with Crippen LogP contribution in [0.5, 0.6) is 11.5 Å². The fraction of sp³-hybridized carbons (Fsp3) is 0.273. The van der Waals surface area contributed by atoms with Crippen molar-refractivity contribution >= 4 is 23.4 Å². The highest BCUT2D eigenvalue weighted by atomic mass is 16.7. The molecule has 2 aliphatic heterocycles. The molecule has 1 aromatic carbocycles. The lowest BCUT2D eigenvalue weighted by atomic mass is 10.1. The van der Waals surface area contributed by atoms with E-state index >= 15 is 0 Å². The highest BCUT2D eigenvalue weighted by Gasteiger charge is 2.20. The number of carbonyl (C=O) groups excluding carboxylic acids is 1. The van der Waals surface area contributed by atoms with Gasteiger partial charge in [0.25, 0.3) is 0 Å². The Morgan fingerprint density at radius 3 is 2.48 bits per heavy atom. The Bertz CT molecular complexity index is 1050. The fourth-order valence-electron chi connectivity index (χ4n) is 3.67. The van der Waals surface area contributed by atoms with Gasteiger partial charge in [-0.2, -0.15) is 0 Å². The first kappa shape index (κ1) is 19.1. The van der Waals surface area contributed by atoms with E-state index in [9.17, 15) is 4.79 Å². The second-order valence-corrected chi connectivity index (χ2v) is 7.35. The zero-order valence-electron chi connectivity index (χ0n) is 16.9. The Hall–Kier alpha value is -3.88. The SMILES string of the molecule is O=C(Cc1ccc2c(c1)OCO2)Nc1cnc(N2CCN(c3ccccn3)CC2)nc1. The fourth-order valence-corrected chi connectivity index (χ4v) is 3.67. The standard InChI is InChI=1S/C22H22N6O3/c29-21(12-16-4-5-18-19(11-16)31-15-30-18)26-17-13-24-22(25-14-17)28-9-7-27(8-10-28)20-3-1-2-6-23-20/h1-6,11,13-14H,7-10,12,15H2,(H,26,29). The molecule has 0 saturated carbocycles. The van der Waals surface area contributed by atoms with Gasteiger partial charge in [-0.1, -0.05) is 12.1 Å². The molecule has 1 fully saturated rings. The summed E-state index contributed by atoms with van der Waals surface area (Å²) in [5.41, 5.74) is 1.42. The minimum atomic E-state index is -0.140. The highest BCUT2D eigenvalue weighted by Crippen LogP contribution is 2.32. The van der Waals surface area contributed by atoms with Crippen molar-refractivity contribution in [1.82, 2.24) is 15.0 Å². The van der Waals surface area contributed by atoms with Crippen LogP contribution in [-0.4, -0.2) is 53.8 Å². The molecule has 0 atom stereocenters. The Morgan fingerprint density at radius 1 is 0.935 bits per heavy atom. The van der Waals surface area contributed by atoms with E-state index in [1.807, 2.05) is 42.6 Å². The van der Waals surface area contributed by atoms with Crippen molar-refractivity contribution in [3.05, 3.63) is 60.6 Å². The van der Waals surface area contributed by atoms with Crippen LogP contribution >= 0.6 is 0 Å². The molecule has 5 rings (SSSR count). The number of piperazine rings is 1. The van der Waals surface area contributed by atoms with E-state index < -0.39 is 0 Å². The molecule has 0 unspecified atom stereocenters. The van der Waals surface area contributed by atoms with Gasteiger partial charge in [0, 0.05) is 32.4 Å². The summed E-state index contributed by atoms with van der Waals surface area (Å²) < 4.78 is 10.7. The number of nitrogens with one attached hydrogen (secondary N) is 1. The van der Waals surface area contributed by atoms with Crippen molar-refractivity contribution in [3.63, 3.8) is 0 Å². The summed E-state index contributed by atoms with van der Waals surface area (Å²) in [5.74, 6) is 2.88. The van der Waals surface area contributed by atoms with Crippen LogP contribution in [0.25, 0.3) is 0 Å². The lowest BCUT2D eigenvalue weighted by Crippen LogP contribution is -2.47. The maximum Gasteiger partial charge on any atom is 0.231 e. The first-order valence-electron chi connectivity index (χ1n) is 10.2. The summed E-state index contributed by atoms with van der Waals surface area (Å²) in [7, 11) is 0. The first-order valence-corrected chi connectivity index (χ1v) is 10.2. The molecule has 0 spiro atoms. The second-order valence-electron chi connectivity index (χ2n) is 7.35. The van der Waals surface area contributed by atoms with Crippen LogP contribution in [0.3, 0.4) is 0 Å². The van der Waals surface area contributed by atoms with E-state index in [1.54, 1.807) is 12.4 Å². The molecular weight excluding hydrogens is 396 g/mol. The van der Waals surface area contributed by atoms with Crippen molar-refractivity contribution in [2.75, 3.05) is 48.1 Å². The number of aromatic nitrogens is 3. The Kier molecular flexibility index (Phi) is 5.22. The molecule has 2 aromatic heterocycles. The van der Waals surface area contributed by atoms with Gasteiger partial charge < -0.3 is 24.6 Å². The summed E-state index contributed by atoms with van der Waals surface area (Å²) in [5, 5.41) is 2.85. The average Bonchev–Trinajstić information content (AvgIpc) is 3.28. The van der Waals surface area contributed by atoms with Gasteiger partial charge in [-0.3, -0.25) is 4.79 Å². The lowest BCUT2D eigenvalue weighted by molar-refractivity contribution is -0.115. The number of ether oxygens (including phenoxy) is 2. The highest BCUT2D eigenvalue weighted by molar-refractivity contribution is 5.92. The number of rotatable bonds is 5. The number of anilines is 3. The van der Waals surface area contributed by atoms with Gasteiger partial charge in [0.2, 0.25) is 18.6 Å². The van der Waals surface area contributed by atoms with Crippen LogP contribution < -0.4 is 24.6 Å². The molecule has 0 radical (unpaired) electrons. The monoisotopic (exact) mass is 418 g/mol. The third-order valence-electron chi connectivity index (χ3n) is 5.26. The van der Waals surface area contributed by atoms with Gasteiger partial charge in [0.15, 0.2) is 11.5 Å². The van der Waals surface area contributed by atoms with E-state index in [2.05, 4.69) is 30.1 Å². The summed E-state index contributed by atoms with van der Waals surface area (Å²) in [4.78, 5) is 30.0. The van der Waals surface area contributed by atoms with Crippen molar-refractivity contribution in [2.24, 2.45) is 0 Å². The van der Waals surface area contributed by atoms with Crippen LogP contribution in [0.4, 0.5) is 17.5 Å². The number of pyridine rings is 1. The molecule has 31 heavy (non-hydrogen) atoms. The smallest absolute Gasteiger partial charge is 0.231 e. The summed E-state index contributed by atoms with van der Waals surface area (Å²) >= 11 is 0. The van der Waals surface area contributed by atoms with Crippen LogP contribution in [0.1, 0.15) is 5.56 Å². The van der Waals surface area contributed by atoms with E-state index in [0.29, 0.717) is 23.1 Å². The Labute approximate surface area is 179 Å². The Balaban J connectivity index is 1.15. The maximum atomic E-state index is 12.4. The molecule has 1 amide bonds. The maximum absolute atomic E-state index is 12.4. The van der Waals surface area contributed by atoms with Gasteiger partial charge in [-0.05, 0) is 29.8 Å². The number of nitrogens with zero attached hydrogens (tertiary/aromatic N) is 5. The van der Waals surface area contributed by atoms with E-state index in [4.69, 9.17) is 9.47 Å². The van der Waals surface area contributed by atoms with Gasteiger partial charge in [0.1, 0.15) is 5.82 Å². The molecule has 0 aliphatic carbocycles. The molecule has 2 aliphatic rings. The third-order valence-corrected chi connectivity index (χ3v) is 5.26. The number of benzene rings is 1. The van der Waals surface area contributed by atoms with Gasteiger partial charge in [-0.25, -0.2) is 15.0 Å². The second kappa shape index (κ2) is 8.47. The summed E-state index contributed by atoms with van der Waals surface area (Å²) in [6.45, 7) is 3.55. The van der Waals surface area contributed by atoms with E-state index in [-0.39, 0.29) is 19.1 Å². The van der Waals surface area contributed by atoms with Crippen LogP contribution in [0, 0.1) is 0 Å². The number of hydrogen-bond acceptors (Lipinski definition) is 8. The van der Waals surface area contributed by atoms with Crippen LogP contribution in [-0.2, 0) is 11.2 Å². The summed E-state index contributed by atoms with van der Waals surface area (Å²) in [6, 6.07) is 11.4. The molecule has 9 heteroatoms.